The number of carbonyl (C=O) groups is 2. The molecule has 0 saturated carbocycles. The molecule has 0 spiro atoms. The van der Waals surface area contributed by atoms with Crippen molar-refractivity contribution < 1.29 is 28.9 Å². The topological polar surface area (TPSA) is 83.8 Å². The molecule has 0 heterocycles. The number of thioether (sulfide) groups is 1. The van der Waals surface area contributed by atoms with Crippen molar-refractivity contribution in [2.45, 2.75) is 19.1 Å². The molecule has 2 unspecified atom stereocenters. The van der Waals surface area contributed by atoms with E-state index in [2.05, 4.69) is 4.74 Å². The lowest BCUT2D eigenvalue weighted by Crippen LogP contribution is -2.23. The molecule has 1 aromatic rings. The quantitative estimate of drug-likeness (QED) is 0.797. The third kappa shape index (κ3) is 4.03. The highest BCUT2D eigenvalue weighted by molar-refractivity contribution is 8.13. The monoisotopic (exact) mass is 302 g/mol. The lowest BCUT2D eigenvalue weighted by Gasteiger charge is -2.18. The highest BCUT2D eigenvalue weighted by atomic mass is 32.2. The maximum Gasteiger partial charge on any atom is 0.340 e. The number of rotatable bonds is 5. The first kappa shape index (κ1) is 16.6. The minimum atomic E-state index is -1.54. The van der Waals surface area contributed by atoms with E-state index in [-0.39, 0.29) is 22.0 Å². The number of benzene rings is 1. The van der Waals surface area contributed by atoms with E-state index in [0.717, 1.165) is 18.9 Å². The summed E-state index contributed by atoms with van der Waals surface area (Å²) in [7, 11) is 1.11. The molecule has 1 rings (SSSR count). The number of methoxy groups -OCH3 is 1. The third-order valence-electron chi connectivity index (χ3n) is 2.57. The zero-order chi connectivity index (χ0) is 15.3. The molecule has 7 heteroatoms. The van der Waals surface area contributed by atoms with Gasteiger partial charge in [-0.1, -0.05) is 23.9 Å². The largest absolute Gasteiger partial charge is 0.465 e. The number of halogens is 1. The van der Waals surface area contributed by atoms with Crippen LogP contribution in [0.2, 0.25) is 0 Å². The zero-order valence-corrected chi connectivity index (χ0v) is 11.8. The first-order chi connectivity index (χ1) is 9.38. The van der Waals surface area contributed by atoms with Crippen molar-refractivity contribution in [3.05, 3.63) is 35.1 Å². The van der Waals surface area contributed by atoms with E-state index in [1.165, 1.54) is 25.1 Å². The Hall–Kier alpha value is -1.44. The molecule has 0 radical (unpaired) electrons. The molecule has 0 aliphatic heterocycles. The van der Waals surface area contributed by atoms with Crippen LogP contribution < -0.4 is 0 Å². The first-order valence-corrected chi connectivity index (χ1v) is 6.73. The van der Waals surface area contributed by atoms with Gasteiger partial charge in [0.25, 0.3) is 0 Å². The van der Waals surface area contributed by atoms with Gasteiger partial charge in [-0.3, -0.25) is 4.79 Å². The first-order valence-electron chi connectivity index (χ1n) is 5.74. The van der Waals surface area contributed by atoms with Gasteiger partial charge in [-0.25, -0.2) is 9.18 Å². The fourth-order valence-corrected chi connectivity index (χ4v) is 2.13. The molecule has 20 heavy (non-hydrogen) atoms. The number of aliphatic hydroxyl groups excluding tert-OH is 2. The van der Waals surface area contributed by atoms with Crippen molar-refractivity contribution >= 4 is 22.8 Å². The molecule has 1 aromatic carbocycles. The summed E-state index contributed by atoms with van der Waals surface area (Å²) in [6.45, 7) is 1.32. The second-order valence-electron chi connectivity index (χ2n) is 4.02. The molecule has 0 aliphatic carbocycles. The van der Waals surface area contributed by atoms with E-state index in [4.69, 9.17) is 0 Å². The summed E-state index contributed by atoms with van der Waals surface area (Å²) in [5, 5.41) is 19.4. The average Bonchev–Trinajstić information content (AvgIpc) is 2.43. The van der Waals surface area contributed by atoms with Crippen LogP contribution in [0.3, 0.4) is 0 Å². The molecular weight excluding hydrogens is 287 g/mol. The smallest absolute Gasteiger partial charge is 0.340 e. The Balaban J connectivity index is 2.95. The fourth-order valence-electron chi connectivity index (χ4n) is 1.55. The molecular formula is C13H15FO5S. The number of esters is 1. The molecule has 0 fully saturated rings. The average molecular weight is 302 g/mol. The number of aliphatic hydroxyl groups is 2. The molecule has 5 nitrogen and oxygen atoms in total. The second kappa shape index (κ2) is 7.37. The molecule has 0 aliphatic rings. The minimum absolute atomic E-state index is 0.0710. The van der Waals surface area contributed by atoms with E-state index in [1.807, 2.05) is 0 Å². The third-order valence-corrected chi connectivity index (χ3v) is 3.49. The van der Waals surface area contributed by atoms with Gasteiger partial charge in [-0.2, -0.15) is 0 Å². The number of carbonyl (C=O) groups excluding carboxylic acids is 2. The summed E-state index contributed by atoms with van der Waals surface area (Å²) < 4.78 is 18.5. The standard InChI is InChI=1S/C13H15FO5S/c1-7(15)20-6-10(16)12(17)8-4-3-5-9(11(8)14)13(18)19-2/h3-5,10,12,16-17H,6H2,1-2H3. The Labute approximate surface area is 119 Å². The van der Waals surface area contributed by atoms with E-state index in [0.29, 0.717) is 0 Å². The van der Waals surface area contributed by atoms with Crippen molar-refractivity contribution in [1.29, 1.82) is 0 Å². The van der Waals surface area contributed by atoms with E-state index >= 15 is 0 Å². The lowest BCUT2D eigenvalue weighted by molar-refractivity contribution is -0.109. The predicted octanol–water partition coefficient (Wildman–Crippen LogP) is 1.29. The summed E-state index contributed by atoms with van der Waals surface area (Å²) in [5.41, 5.74) is -0.542. The van der Waals surface area contributed by atoms with E-state index in [9.17, 15) is 24.2 Å². The highest BCUT2D eigenvalue weighted by Gasteiger charge is 2.25. The zero-order valence-electron chi connectivity index (χ0n) is 11.0. The van der Waals surface area contributed by atoms with Gasteiger partial charge in [0, 0.05) is 18.2 Å². The Morgan fingerprint density at radius 3 is 2.60 bits per heavy atom. The molecule has 0 amide bonds. The maximum absolute atomic E-state index is 14.1. The maximum atomic E-state index is 14.1. The summed E-state index contributed by atoms with van der Waals surface area (Å²) in [5.74, 6) is -1.89. The Morgan fingerprint density at radius 2 is 2.05 bits per heavy atom. The molecule has 110 valence electrons. The van der Waals surface area contributed by atoms with Gasteiger partial charge in [0.15, 0.2) is 5.12 Å². The highest BCUT2D eigenvalue weighted by Crippen LogP contribution is 2.25. The van der Waals surface area contributed by atoms with Crippen molar-refractivity contribution in [1.82, 2.24) is 0 Å². The van der Waals surface area contributed by atoms with Gasteiger partial charge in [-0.15, -0.1) is 0 Å². The van der Waals surface area contributed by atoms with Gasteiger partial charge in [0.2, 0.25) is 0 Å². The minimum Gasteiger partial charge on any atom is -0.465 e. The summed E-state index contributed by atoms with van der Waals surface area (Å²) >= 11 is 0.820. The molecule has 0 saturated heterocycles. The van der Waals surface area contributed by atoms with Crippen molar-refractivity contribution in [2.75, 3.05) is 12.9 Å². The Bertz CT molecular complexity index is 506. The van der Waals surface area contributed by atoms with Crippen LogP contribution in [0, 0.1) is 5.82 Å². The van der Waals surface area contributed by atoms with Gasteiger partial charge >= 0.3 is 5.97 Å². The van der Waals surface area contributed by atoms with Crippen molar-refractivity contribution in [2.24, 2.45) is 0 Å². The van der Waals surface area contributed by atoms with Gasteiger partial charge < -0.3 is 14.9 Å². The Morgan fingerprint density at radius 1 is 1.40 bits per heavy atom. The van der Waals surface area contributed by atoms with Crippen LogP contribution in [0.5, 0.6) is 0 Å². The van der Waals surface area contributed by atoms with Crippen LogP contribution in [0.4, 0.5) is 4.39 Å². The predicted molar refractivity (Wildman–Crippen MR) is 71.8 cm³/mol. The molecule has 2 N–H and O–H groups in total. The fraction of sp³-hybridized carbons (Fsp3) is 0.385. The number of ether oxygens (including phenoxy) is 1. The van der Waals surface area contributed by atoms with Gasteiger partial charge in [0.05, 0.1) is 18.8 Å². The number of hydrogen-bond donors (Lipinski definition) is 2. The van der Waals surface area contributed by atoms with Gasteiger partial charge in [0.1, 0.15) is 11.9 Å². The van der Waals surface area contributed by atoms with Crippen LogP contribution in [-0.2, 0) is 9.53 Å². The molecule has 0 bridgehead atoms. The van der Waals surface area contributed by atoms with Crippen LogP contribution in [0.1, 0.15) is 28.9 Å². The molecule has 2 atom stereocenters. The summed E-state index contributed by atoms with van der Waals surface area (Å²) in [6, 6.07) is 3.85. The van der Waals surface area contributed by atoms with Crippen LogP contribution >= 0.6 is 11.8 Å². The Kier molecular flexibility index (Phi) is 6.12. The normalized spacial score (nSPS) is 13.7. The van der Waals surface area contributed by atoms with E-state index in [1.54, 1.807) is 0 Å². The molecule has 0 aromatic heterocycles. The van der Waals surface area contributed by atoms with Crippen molar-refractivity contribution in [3.8, 4) is 0 Å². The SMILES string of the molecule is COC(=O)c1cccc(C(O)C(O)CSC(C)=O)c1F. The second-order valence-corrected chi connectivity index (χ2v) is 5.21. The summed E-state index contributed by atoms with van der Waals surface area (Å²) in [6.07, 6.45) is -2.86. The van der Waals surface area contributed by atoms with Crippen LogP contribution in [-0.4, -0.2) is 40.3 Å². The van der Waals surface area contributed by atoms with Crippen molar-refractivity contribution in [3.63, 3.8) is 0 Å². The lowest BCUT2D eigenvalue weighted by atomic mass is 10.0. The summed E-state index contributed by atoms with van der Waals surface area (Å²) in [4.78, 5) is 22.1. The van der Waals surface area contributed by atoms with E-state index < -0.39 is 24.0 Å². The number of hydrogen-bond acceptors (Lipinski definition) is 6. The van der Waals surface area contributed by atoms with Crippen LogP contribution in [0.15, 0.2) is 18.2 Å². The van der Waals surface area contributed by atoms with Crippen LogP contribution in [0.25, 0.3) is 0 Å². The van der Waals surface area contributed by atoms with Gasteiger partial charge in [-0.05, 0) is 6.07 Å².